The number of amides is 1. The lowest BCUT2D eigenvalue weighted by Crippen LogP contribution is -2.20. The molecule has 0 N–H and O–H groups in total. The van der Waals surface area contributed by atoms with Crippen molar-refractivity contribution in [2.45, 2.75) is 19.9 Å². The molecule has 4 rings (SSSR count). The van der Waals surface area contributed by atoms with Crippen molar-refractivity contribution in [3.8, 4) is 11.5 Å². The number of rotatable bonds is 3. The first-order valence-electron chi connectivity index (χ1n) is 8.84. The number of aromatic nitrogens is 1. The molecule has 1 aliphatic heterocycles. The van der Waals surface area contributed by atoms with Crippen LogP contribution in [-0.4, -0.2) is 23.7 Å². The SMILES string of the molecule is C/C=C(\C=N/C)c1cccc2c3c(oc12)-c1cc(=O)c(C(=O)N=O)cn1CC3. The van der Waals surface area contributed by atoms with E-state index in [2.05, 4.69) is 10.2 Å². The number of hydrogen-bond donors (Lipinski definition) is 0. The molecule has 0 saturated carbocycles. The Balaban J connectivity index is 1.97. The van der Waals surface area contributed by atoms with E-state index in [0.29, 0.717) is 24.4 Å². The zero-order chi connectivity index (χ0) is 19.8. The fraction of sp³-hybridized carbons (Fsp3) is 0.190. The first kappa shape index (κ1) is 17.8. The van der Waals surface area contributed by atoms with Crippen LogP contribution in [-0.2, 0) is 13.0 Å². The van der Waals surface area contributed by atoms with E-state index in [9.17, 15) is 14.5 Å². The minimum absolute atomic E-state index is 0.227. The quantitative estimate of drug-likeness (QED) is 0.513. The van der Waals surface area contributed by atoms with Crippen molar-refractivity contribution in [1.82, 2.24) is 4.57 Å². The van der Waals surface area contributed by atoms with Crippen molar-refractivity contribution in [3.05, 3.63) is 68.4 Å². The summed E-state index contributed by atoms with van der Waals surface area (Å²) in [4.78, 5) is 38.6. The van der Waals surface area contributed by atoms with E-state index >= 15 is 0 Å². The molecule has 7 heteroatoms. The summed E-state index contributed by atoms with van der Waals surface area (Å²) in [5.74, 6) is -0.456. The predicted molar refractivity (Wildman–Crippen MR) is 108 cm³/mol. The maximum Gasteiger partial charge on any atom is 0.322 e. The second-order valence-corrected chi connectivity index (χ2v) is 6.50. The monoisotopic (exact) mass is 375 g/mol. The number of aliphatic imine (C=N–C) groups is 1. The Morgan fingerprint density at radius 3 is 2.82 bits per heavy atom. The Kier molecular flexibility index (Phi) is 4.35. The molecule has 3 aromatic rings. The van der Waals surface area contributed by atoms with E-state index in [1.807, 2.05) is 31.2 Å². The lowest BCUT2D eigenvalue weighted by Gasteiger charge is -2.18. The Hall–Kier alpha value is -3.61. The van der Waals surface area contributed by atoms with E-state index in [0.717, 1.165) is 27.7 Å². The molecule has 0 aliphatic carbocycles. The van der Waals surface area contributed by atoms with E-state index < -0.39 is 11.3 Å². The molecule has 1 aliphatic rings. The average Bonchev–Trinajstić information content (AvgIpc) is 3.10. The maximum atomic E-state index is 12.3. The first-order chi connectivity index (χ1) is 13.6. The number of hydrogen-bond acceptors (Lipinski definition) is 5. The van der Waals surface area contributed by atoms with Gasteiger partial charge in [-0.05, 0) is 18.9 Å². The van der Waals surface area contributed by atoms with Crippen molar-refractivity contribution < 1.29 is 9.21 Å². The number of nitroso groups, excluding NO2 is 1. The van der Waals surface area contributed by atoms with Crippen LogP contribution in [0.25, 0.3) is 28.0 Å². The van der Waals surface area contributed by atoms with Gasteiger partial charge in [0.15, 0.2) is 11.2 Å². The summed E-state index contributed by atoms with van der Waals surface area (Å²) in [7, 11) is 1.71. The highest BCUT2D eigenvalue weighted by atomic mass is 16.3. The second-order valence-electron chi connectivity index (χ2n) is 6.50. The normalized spacial score (nSPS) is 13.6. The van der Waals surface area contributed by atoms with Gasteiger partial charge in [0.25, 0.3) is 0 Å². The highest BCUT2D eigenvalue weighted by molar-refractivity contribution is 6.14. The summed E-state index contributed by atoms with van der Waals surface area (Å²) in [6, 6.07) is 7.28. The van der Waals surface area contributed by atoms with Gasteiger partial charge in [0.1, 0.15) is 11.1 Å². The number of nitrogens with zero attached hydrogens (tertiary/aromatic N) is 3. The van der Waals surface area contributed by atoms with Gasteiger partial charge in [-0.2, -0.15) is 0 Å². The molecule has 0 atom stereocenters. The van der Waals surface area contributed by atoms with Gasteiger partial charge >= 0.3 is 5.91 Å². The van der Waals surface area contributed by atoms with Crippen LogP contribution in [0.3, 0.4) is 0 Å². The summed E-state index contributed by atoms with van der Waals surface area (Å²) in [6.45, 7) is 2.50. The van der Waals surface area contributed by atoms with Crippen LogP contribution < -0.4 is 5.43 Å². The van der Waals surface area contributed by atoms with Gasteiger partial charge in [-0.15, -0.1) is 4.91 Å². The second kappa shape index (κ2) is 6.84. The van der Waals surface area contributed by atoms with Gasteiger partial charge in [0.2, 0.25) is 0 Å². The van der Waals surface area contributed by atoms with Crippen molar-refractivity contribution in [2.75, 3.05) is 7.05 Å². The molecule has 0 spiro atoms. The lowest BCUT2D eigenvalue weighted by molar-refractivity contribution is 0.0999. The summed E-state index contributed by atoms with van der Waals surface area (Å²) < 4.78 is 7.98. The van der Waals surface area contributed by atoms with Crippen LogP contribution in [0.4, 0.5) is 0 Å². The van der Waals surface area contributed by atoms with Gasteiger partial charge in [-0.25, -0.2) is 0 Å². The zero-order valence-corrected chi connectivity index (χ0v) is 15.4. The molecular formula is C21H17N3O4. The highest BCUT2D eigenvalue weighted by Crippen LogP contribution is 2.39. The summed E-state index contributed by atoms with van der Waals surface area (Å²) >= 11 is 0. The molecule has 2 aromatic heterocycles. The molecule has 0 unspecified atom stereocenters. The third-order valence-corrected chi connectivity index (χ3v) is 4.98. The topological polar surface area (TPSA) is 94.0 Å². The molecule has 3 heterocycles. The predicted octanol–water partition coefficient (Wildman–Crippen LogP) is 3.83. The van der Waals surface area contributed by atoms with Gasteiger partial charge in [0, 0.05) is 53.8 Å². The summed E-state index contributed by atoms with van der Waals surface area (Å²) in [5, 5.41) is 3.35. The number of para-hydroxylation sites is 1. The van der Waals surface area contributed by atoms with Gasteiger partial charge in [-0.1, -0.05) is 24.3 Å². The number of carbonyl (C=O) groups excluding carboxylic acids is 1. The molecule has 28 heavy (non-hydrogen) atoms. The Labute approximate surface area is 160 Å². The van der Waals surface area contributed by atoms with Crippen molar-refractivity contribution in [2.24, 2.45) is 10.2 Å². The zero-order valence-electron chi connectivity index (χ0n) is 15.4. The number of carbonyl (C=O) groups is 1. The molecule has 140 valence electrons. The molecule has 0 radical (unpaired) electrons. The number of allylic oxidation sites excluding steroid dienone is 2. The third-order valence-electron chi connectivity index (χ3n) is 4.98. The largest absolute Gasteiger partial charge is 0.454 e. The van der Waals surface area contributed by atoms with Crippen LogP contribution in [0.1, 0.15) is 28.4 Å². The van der Waals surface area contributed by atoms with Crippen LogP contribution in [0.5, 0.6) is 0 Å². The van der Waals surface area contributed by atoms with Crippen LogP contribution in [0.15, 0.2) is 55.9 Å². The number of fused-ring (bicyclic) bond motifs is 5. The molecule has 0 saturated heterocycles. The van der Waals surface area contributed by atoms with Crippen LogP contribution in [0.2, 0.25) is 0 Å². The summed E-state index contributed by atoms with van der Waals surface area (Å²) in [5.41, 5.74) is 3.43. The molecule has 0 bridgehead atoms. The molecule has 1 aromatic carbocycles. The van der Waals surface area contributed by atoms with E-state index in [1.54, 1.807) is 17.8 Å². The standard InChI is InChI=1S/C21H17N3O4/c1-3-12(10-22-2)13-5-4-6-14-15-7-8-24-11-16(21(26)23-27)18(25)9-17(24)20(15)28-19(13)14/h3-6,9-11H,7-8H2,1-2H3/b12-3+,22-10-. The Bertz CT molecular complexity index is 1240. The Morgan fingerprint density at radius 2 is 2.11 bits per heavy atom. The van der Waals surface area contributed by atoms with Gasteiger partial charge < -0.3 is 8.98 Å². The van der Waals surface area contributed by atoms with Crippen molar-refractivity contribution in [1.29, 1.82) is 0 Å². The summed E-state index contributed by atoms with van der Waals surface area (Å²) in [6.07, 6.45) is 5.81. The number of benzene rings is 1. The van der Waals surface area contributed by atoms with Crippen molar-refractivity contribution >= 4 is 28.7 Å². The van der Waals surface area contributed by atoms with Crippen molar-refractivity contribution in [3.63, 3.8) is 0 Å². The van der Waals surface area contributed by atoms with Crippen LogP contribution >= 0.6 is 0 Å². The van der Waals surface area contributed by atoms with Crippen LogP contribution in [0, 0.1) is 4.91 Å². The highest BCUT2D eigenvalue weighted by Gasteiger charge is 2.26. The van der Waals surface area contributed by atoms with E-state index in [-0.39, 0.29) is 5.56 Å². The Morgan fingerprint density at radius 1 is 1.29 bits per heavy atom. The lowest BCUT2D eigenvalue weighted by atomic mass is 9.98. The molecule has 1 amide bonds. The van der Waals surface area contributed by atoms with E-state index in [1.165, 1.54) is 12.3 Å². The maximum absolute atomic E-state index is 12.3. The average molecular weight is 375 g/mol. The van der Waals surface area contributed by atoms with Gasteiger partial charge in [-0.3, -0.25) is 14.6 Å². The number of aryl methyl sites for hydroxylation is 2. The third kappa shape index (κ3) is 2.63. The minimum Gasteiger partial charge on any atom is -0.454 e. The molecular weight excluding hydrogens is 358 g/mol. The first-order valence-corrected chi connectivity index (χ1v) is 8.84. The molecule has 7 nitrogen and oxygen atoms in total. The number of pyridine rings is 1. The number of furan rings is 1. The fourth-order valence-corrected chi connectivity index (χ4v) is 3.69. The van der Waals surface area contributed by atoms with E-state index in [4.69, 9.17) is 4.42 Å². The minimum atomic E-state index is -1.06. The van der Waals surface area contributed by atoms with Gasteiger partial charge in [0.05, 0.1) is 5.69 Å². The smallest absolute Gasteiger partial charge is 0.322 e. The fourth-order valence-electron chi connectivity index (χ4n) is 3.69. The molecule has 0 fully saturated rings.